The lowest BCUT2D eigenvalue weighted by molar-refractivity contribution is -0.908. The molecule has 1 aliphatic heterocycles. The van der Waals surface area contributed by atoms with Gasteiger partial charge >= 0.3 is 0 Å². The lowest BCUT2D eigenvalue weighted by atomic mass is 10.2. The highest BCUT2D eigenvalue weighted by Gasteiger charge is 2.13. The van der Waals surface area contributed by atoms with Gasteiger partial charge in [-0.3, -0.25) is 4.79 Å². The topological polar surface area (TPSA) is 52.0 Å². The van der Waals surface area contributed by atoms with E-state index in [4.69, 9.17) is 21.1 Å². The molecule has 0 saturated carbocycles. The molecule has 0 atom stereocenters. The first-order chi connectivity index (χ1) is 10.6. The minimum atomic E-state index is -0.0914. The van der Waals surface area contributed by atoms with E-state index in [1.54, 1.807) is 17.0 Å². The van der Waals surface area contributed by atoms with Crippen molar-refractivity contribution in [2.24, 2.45) is 0 Å². The van der Waals surface area contributed by atoms with Crippen LogP contribution in [-0.2, 0) is 9.53 Å². The summed E-state index contributed by atoms with van der Waals surface area (Å²) in [5.41, 5.74) is 0.927. The zero-order chi connectivity index (χ0) is 15.8. The number of hydrogen-bond acceptors (Lipinski definition) is 3. The van der Waals surface area contributed by atoms with Crippen molar-refractivity contribution in [1.82, 2.24) is 5.32 Å². The second-order valence-electron chi connectivity index (χ2n) is 5.51. The molecule has 6 heteroatoms. The molecule has 1 amide bonds. The lowest BCUT2D eigenvalue weighted by Gasteiger charge is -2.23. The smallest absolute Gasteiger partial charge is 0.257 e. The summed E-state index contributed by atoms with van der Waals surface area (Å²) in [5, 5.41) is 3.56. The Labute approximate surface area is 136 Å². The van der Waals surface area contributed by atoms with E-state index in [-0.39, 0.29) is 12.5 Å². The number of amides is 1. The molecule has 0 radical (unpaired) electrons. The summed E-state index contributed by atoms with van der Waals surface area (Å²) in [5.74, 6) is 0.601. The van der Waals surface area contributed by atoms with Crippen LogP contribution in [0.3, 0.4) is 0 Å². The Morgan fingerprint density at radius 2 is 2.18 bits per heavy atom. The van der Waals surface area contributed by atoms with Gasteiger partial charge in [-0.25, -0.2) is 0 Å². The molecule has 1 aromatic rings. The molecule has 0 aromatic heterocycles. The quantitative estimate of drug-likeness (QED) is 0.715. The number of carbonyl (C=O) groups excluding carboxylic acids is 1. The van der Waals surface area contributed by atoms with Gasteiger partial charge in [0.05, 0.1) is 19.8 Å². The van der Waals surface area contributed by atoms with E-state index in [2.05, 4.69) is 5.32 Å². The molecule has 1 saturated heterocycles. The van der Waals surface area contributed by atoms with Gasteiger partial charge < -0.3 is 19.7 Å². The van der Waals surface area contributed by atoms with Crippen LogP contribution in [-0.4, -0.2) is 51.9 Å². The van der Waals surface area contributed by atoms with Crippen molar-refractivity contribution in [3.05, 3.63) is 28.8 Å². The van der Waals surface area contributed by atoms with Crippen LogP contribution in [0.25, 0.3) is 0 Å². The molecule has 22 heavy (non-hydrogen) atoms. The fraction of sp³-hybridized carbons (Fsp3) is 0.562. The van der Waals surface area contributed by atoms with E-state index in [1.165, 1.54) is 0 Å². The number of benzene rings is 1. The minimum absolute atomic E-state index is 0.0346. The van der Waals surface area contributed by atoms with Gasteiger partial charge in [-0.1, -0.05) is 11.6 Å². The normalized spacial score (nSPS) is 15.5. The number of quaternary nitrogens is 1. The second-order valence-corrected chi connectivity index (χ2v) is 5.95. The van der Waals surface area contributed by atoms with Crippen LogP contribution in [0.4, 0.5) is 0 Å². The van der Waals surface area contributed by atoms with Crippen molar-refractivity contribution in [3.63, 3.8) is 0 Å². The van der Waals surface area contributed by atoms with Gasteiger partial charge in [-0.15, -0.1) is 0 Å². The first-order valence-electron chi connectivity index (χ1n) is 7.72. The number of halogens is 1. The first-order valence-corrected chi connectivity index (χ1v) is 8.10. The summed E-state index contributed by atoms with van der Waals surface area (Å²) in [7, 11) is 0. The zero-order valence-corrected chi connectivity index (χ0v) is 13.7. The number of rotatable bonds is 7. The summed E-state index contributed by atoms with van der Waals surface area (Å²) >= 11 is 5.88. The van der Waals surface area contributed by atoms with E-state index >= 15 is 0 Å². The highest BCUT2D eigenvalue weighted by Crippen LogP contribution is 2.21. The van der Waals surface area contributed by atoms with Crippen molar-refractivity contribution >= 4 is 17.5 Å². The fourth-order valence-corrected chi connectivity index (χ4v) is 2.67. The first kappa shape index (κ1) is 17.1. The average molecular weight is 328 g/mol. The van der Waals surface area contributed by atoms with Crippen molar-refractivity contribution in [3.8, 4) is 5.75 Å². The third-order valence-electron chi connectivity index (χ3n) is 3.72. The molecule has 1 aromatic carbocycles. The van der Waals surface area contributed by atoms with Crippen LogP contribution in [0, 0.1) is 6.92 Å². The molecule has 2 N–H and O–H groups in total. The minimum Gasteiger partial charge on any atom is -0.484 e. The molecule has 0 aliphatic carbocycles. The molecule has 5 nitrogen and oxygen atoms in total. The van der Waals surface area contributed by atoms with E-state index < -0.39 is 0 Å². The van der Waals surface area contributed by atoms with Gasteiger partial charge in [0.2, 0.25) is 0 Å². The largest absolute Gasteiger partial charge is 0.484 e. The molecule has 122 valence electrons. The molecule has 1 aliphatic rings. The van der Waals surface area contributed by atoms with Gasteiger partial charge in [0.1, 0.15) is 18.8 Å². The molecule has 0 spiro atoms. The Morgan fingerprint density at radius 1 is 1.41 bits per heavy atom. The molecule has 0 bridgehead atoms. The standard InChI is InChI=1S/C16H23ClN2O3/c1-13-11-14(17)3-4-15(13)22-12-16(20)18-5-2-6-19-7-9-21-10-8-19/h3-4,11H,2,5-10,12H2,1H3,(H,18,20)/p+1. The fourth-order valence-electron chi connectivity index (χ4n) is 2.45. The molecule has 2 rings (SSSR count). The Kier molecular flexibility index (Phi) is 6.96. The van der Waals surface area contributed by atoms with Crippen molar-refractivity contribution in [1.29, 1.82) is 0 Å². The maximum atomic E-state index is 11.8. The number of ether oxygens (including phenoxy) is 2. The number of carbonyl (C=O) groups is 1. The highest BCUT2D eigenvalue weighted by atomic mass is 35.5. The van der Waals surface area contributed by atoms with Crippen molar-refractivity contribution in [2.45, 2.75) is 13.3 Å². The summed E-state index contributed by atoms with van der Waals surface area (Å²) in [6.07, 6.45) is 0.973. The van der Waals surface area contributed by atoms with Gasteiger partial charge in [0, 0.05) is 18.0 Å². The molecule has 0 unspecified atom stereocenters. The maximum absolute atomic E-state index is 11.8. The Morgan fingerprint density at radius 3 is 2.91 bits per heavy atom. The second kappa shape index (κ2) is 8.98. The summed E-state index contributed by atoms with van der Waals surface area (Å²) in [4.78, 5) is 13.3. The van der Waals surface area contributed by atoms with Crippen LogP contribution in [0.1, 0.15) is 12.0 Å². The Bertz CT molecular complexity index is 490. The maximum Gasteiger partial charge on any atom is 0.257 e. The van der Waals surface area contributed by atoms with Crippen LogP contribution in [0.5, 0.6) is 5.75 Å². The van der Waals surface area contributed by atoms with E-state index in [0.717, 1.165) is 44.8 Å². The summed E-state index contributed by atoms with van der Waals surface area (Å²) in [6, 6.07) is 5.36. The van der Waals surface area contributed by atoms with Crippen molar-refractivity contribution < 1.29 is 19.2 Å². The number of morpholine rings is 1. The zero-order valence-electron chi connectivity index (χ0n) is 13.0. The monoisotopic (exact) mass is 327 g/mol. The third-order valence-corrected chi connectivity index (χ3v) is 3.96. The number of hydrogen-bond donors (Lipinski definition) is 2. The van der Waals surface area contributed by atoms with E-state index in [1.807, 2.05) is 13.0 Å². The molecule has 1 fully saturated rings. The molecular weight excluding hydrogens is 304 g/mol. The van der Waals surface area contributed by atoms with E-state index in [9.17, 15) is 4.79 Å². The number of aryl methyl sites for hydroxylation is 1. The predicted octanol–water partition coefficient (Wildman–Crippen LogP) is 0.449. The van der Waals surface area contributed by atoms with E-state index in [0.29, 0.717) is 17.3 Å². The van der Waals surface area contributed by atoms with Crippen LogP contribution in [0.2, 0.25) is 5.02 Å². The third kappa shape index (κ3) is 5.83. The number of nitrogens with one attached hydrogen (secondary N) is 2. The Hall–Kier alpha value is -1.30. The van der Waals surface area contributed by atoms with Gasteiger partial charge in [-0.2, -0.15) is 0 Å². The summed E-state index contributed by atoms with van der Waals surface area (Å²) in [6.45, 7) is 7.51. The van der Waals surface area contributed by atoms with Crippen LogP contribution in [0.15, 0.2) is 18.2 Å². The van der Waals surface area contributed by atoms with Gasteiger partial charge in [0.15, 0.2) is 6.61 Å². The van der Waals surface area contributed by atoms with Gasteiger partial charge in [-0.05, 0) is 30.7 Å². The molecule has 1 heterocycles. The van der Waals surface area contributed by atoms with Crippen molar-refractivity contribution in [2.75, 3.05) is 46.0 Å². The highest BCUT2D eigenvalue weighted by molar-refractivity contribution is 6.30. The SMILES string of the molecule is Cc1cc(Cl)ccc1OCC(=O)NCCC[NH+]1CCOCC1. The van der Waals surface area contributed by atoms with Crippen LogP contribution >= 0.6 is 11.6 Å². The summed E-state index contributed by atoms with van der Waals surface area (Å²) < 4.78 is 10.8. The molecular formula is C16H24ClN2O3+. The Balaban J connectivity index is 1.59. The predicted molar refractivity (Wildman–Crippen MR) is 85.7 cm³/mol. The average Bonchev–Trinajstić information content (AvgIpc) is 2.52. The van der Waals surface area contributed by atoms with Gasteiger partial charge in [0.25, 0.3) is 5.91 Å². The van der Waals surface area contributed by atoms with Crippen LogP contribution < -0.4 is 15.0 Å². The lowest BCUT2D eigenvalue weighted by Crippen LogP contribution is -3.14.